The average Bonchev–Trinajstić information content (AvgIpc) is 3.03. The number of hydrogen-bond acceptors (Lipinski definition) is 5. The predicted octanol–water partition coefficient (Wildman–Crippen LogP) is 2.16. The maximum Gasteiger partial charge on any atom is 0.433 e. The Morgan fingerprint density at radius 2 is 2.00 bits per heavy atom. The smallest absolute Gasteiger partial charge is 0.433 e. The first kappa shape index (κ1) is 16.7. The van der Waals surface area contributed by atoms with Crippen molar-refractivity contribution in [1.82, 2.24) is 19.4 Å². The second kappa shape index (κ2) is 6.76. The molecule has 130 valence electrons. The fraction of sp³-hybridized carbons (Fsp3) is 0.533. The number of likely N-dealkylation sites (tertiary alicyclic amines) is 1. The van der Waals surface area contributed by atoms with Crippen LogP contribution in [0.15, 0.2) is 34.1 Å². The lowest BCUT2D eigenvalue weighted by Crippen LogP contribution is -2.36. The summed E-state index contributed by atoms with van der Waals surface area (Å²) in [5, 5.41) is 0. The molecule has 3 rings (SSSR count). The molecule has 2 aromatic rings. The summed E-state index contributed by atoms with van der Waals surface area (Å²) >= 11 is 0. The number of oxazole rings is 1. The molecule has 1 saturated heterocycles. The minimum atomic E-state index is -4.59. The van der Waals surface area contributed by atoms with Crippen LogP contribution in [0.4, 0.5) is 13.2 Å². The predicted molar refractivity (Wildman–Crippen MR) is 78.0 cm³/mol. The van der Waals surface area contributed by atoms with E-state index in [4.69, 9.17) is 4.42 Å². The number of hydrogen-bond donors (Lipinski definition) is 0. The van der Waals surface area contributed by atoms with E-state index >= 15 is 0 Å². The van der Waals surface area contributed by atoms with Gasteiger partial charge in [-0.25, -0.2) is 9.97 Å². The molecule has 0 bridgehead atoms. The van der Waals surface area contributed by atoms with Gasteiger partial charge in [0.25, 0.3) is 5.56 Å². The summed E-state index contributed by atoms with van der Waals surface area (Å²) in [4.78, 5) is 21.5. The van der Waals surface area contributed by atoms with Gasteiger partial charge in [-0.3, -0.25) is 14.3 Å². The van der Waals surface area contributed by atoms with Crippen molar-refractivity contribution in [3.8, 4) is 0 Å². The second-order valence-electron chi connectivity index (χ2n) is 5.91. The van der Waals surface area contributed by atoms with Crippen LogP contribution in [-0.2, 0) is 19.3 Å². The van der Waals surface area contributed by atoms with Gasteiger partial charge in [0.2, 0.25) is 5.89 Å². The van der Waals surface area contributed by atoms with E-state index < -0.39 is 17.4 Å². The zero-order valence-electron chi connectivity index (χ0n) is 12.9. The summed E-state index contributed by atoms with van der Waals surface area (Å²) in [5.41, 5.74) is -1.82. The third-order valence-corrected chi connectivity index (χ3v) is 4.17. The first-order valence-corrected chi connectivity index (χ1v) is 7.66. The summed E-state index contributed by atoms with van der Waals surface area (Å²) in [6.45, 7) is 2.68. The Kier molecular flexibility index (Phi) is 4.70. The lowest BCUT2D eigenvalue weighted by Gasteiger charge is -2.31. The lowest BCUT2D eigenvalue weighted by molar-refractivity contribution is -0.141. The zero-order chi connectivity index (χ0) is 17.2. The molecule has 3 heterocycles. The lowest BCUT2D eigenvalue weighted by atomic mass is 9.96. The summed E-state index contributed by atoms with van der Waals surface area (Å²) in [7, 11) is 0. The first-order chi connectivity index (χ1) is 11.4. The molecule has 2 aromatic heterocycles. The van der Waals surface area contributed by atoms with Crippen molar-refractivity contribution < 1.29 is 17.6 Å². The van der Waals surface area contributed by atoms with Crippen LogP contribution < -0.4 is 5.56 Å². The molecule has 24 heavy (non-hydrogen) atoms. The molecule has 0 saturated carbocycles. The quantitative estimate of drug-likeness (QED) is 0.852. The number of piperidine rings is 1. The summed E-state index contributed by atoms with van der Waals surface area (Å²) < 4.78 is 44.1. The number of aromatic nitrogens is 3. The van der Waals surface area contributed by atoms with Crippen molar-refractivity contribution >= 4 is 0 Å². The Labute approximate surface area is 135 Å². The van der Waals surface area contributed by atoms with Crippen LogP contribution in [0.2, 0.25) is 0 Å². The summed E-state index contributed by atoms with van der Waals surface area (Å²) in [6, 6.07) is 0.553. The normalized spacial score (nSPS) is 17.3. The molecule has 1 fully saturated rings. The molecule has 0 aromatic carbocycles. The highest BCUT2D eigenvalue weighted by Crippen LogP contribution is 2.26. The minimum Gasteiger partial charge on any atom is -0.448 e. The highest BCUT2D eigenvalue weighted by molar-refractivity contribution is 5.03. The minimum absolute atomic E-state index is 0.238. The van der Waals surface area contributed by atoms with Crippen LogP contribution in [0.5, 0.6) is 0 Å². The second-order valence-corrected chi connectivity index (χ2v) is 5.91. The molecule has 0 amide bonds. The summed E-state index contributed by atoms with van der Waals surface area (Å²) in [6.07, 6.45) is 1.24. The van der Waals surface area contributed by atoms with Gasteiger partial charge >= 0.3 is 6.18 Å². The molecule has 0 spiro atoms. The van der Waals surface area contributed by atoms with Crippen LogP contribution >= 0.6 is 0 Å². The molecule has 1 aliphatic heterocycles. The Bertz CT molecular complexity index is 719. The van der Waals surface area contributed by atoms with E-state index in [0.717, 1.165) is 32.3 Å². The molecule has 0 N–H and O–H groups in total. The number of halogens is 3. The third kappa shape index (κ3) is 4.02. The van der Waals surface area contributed by atoms with Crippen molar-refractivity contribution in [1.29, 1.82) is 0 Å². The Balaban J connectivity index is 1.55. The monoisotopic (exact) mass is 342 g/mol. The van der Waals surface area contributed by atoms with Gasteiger partial charge in [-0.05, 0) is 31.8 Å². The van der Waals surface area contributed by atoms with Crippen molar-refractivity contribution in [2.75, 3.05) is 13.1 Å². The van der Waals surface area contributed by atoms with Gasteiger partial charge in [-0.2, -0.15) is 13.2 Å². The highest BCUT2D eigenvalue weighted by atomic mass is 19.4. The van der Waals surface area contributed by atoms with E-state index in [2.05, 4.69) is 14.9 Å². The van der Waals surface area contributed by atoms with E-state index in [0.29, 0.717) is 25.0 Å². The van der Waals surface area contributed by atoms with E-state index in [-0.39, 0.29) is 5.92 Å². The Hall–Kier alpha value is -2.16. The van der Waals surface area contributed by atoms with Gasteiger partial charge in [0, 0.05) is 12.6 Å². The first-order valence-electron chi connectivity index (χ1n) is 7.66. The van der Waals surface area contributed by atoms with E-state index in [1.165, 1.54) is 10.8 Å². The van der Waals surface area contributed by atoms with E-state index in [1.54, 1.807) is 6.20 Å². The fourth-order valence-corrected chi connectivity index (χ4v) is 2.85. The standard InChI is InChI=1S/C15H17F3N4O2/c16-15(17,18)12-7-14(23)22(10-20-12)8-11-1-4-21(5-2-11)9-13-19-3-6-24-13/h3,6-7,10-11H,1-2,4-5,8-9H2. The molecule has 6 nitrogen and oxygen atoms in total. The van der Waals surface area contributed by atoms with Gasteiger partial charge in [-0.15, -0.1) is 0 Å². The maximum absolute atomic E-state index is 12.5. The van der Waals surface area contributed by atoms with Crippen molar-refractivity contribution in [2.45, 2.75) is 32.1 Å². The van der Waals surface area contributed by atoms with Gasteiger partial charge in [0.15, 0.2) is 5.69 Å². The summed E-state index contributed by atoms with van der Waals surface area (Å²) in [5.74, 6) is 0.902. The van der Waals surface area contributed by atoms with Crippen LogP contribution in [0, 0.1) is 5.92 Å². The molecule has 1 aliphatic rings. The molecule has 0 atom stereocenters. The van der Waals surface area contributed by atoms with Crippen LogP contribution in [0.3, 0.4) is 0 Å². The van der Waals surface area contributed by atoms with Gasteiger partial charge < -0.3 is 4.42 Å². The van der Waals surface area contributed by atoms with Crippen LogP contribution in [-0.4, -0.2) is 32.5 Å². The molecular weight excluding hydrogens is 325 g/mol. The van der Waals surface area contributed by atoms with Gasteiger partial charge in [-0.1, -0.05) is 0 Å². The van der Waals surface area contributed by atoms with Crippen molar-refractivity contribution in [3.05, 3.63) is 46.8 Å². The SMILES string of the molecule is O=c1cc(C(F)(F)F)ncn1CC1CCN(Cc2ncco2)CC1. The average molecular weight is 342 g/mol. The zero-order valence-corrected chi connectivity index (χ0v) is 12.9. The van der Waals surface area contributed by atoms with Gasteiger partial charge in [0.05, 0.1) is 19.1 Å². The number of rotatable bonds is 4. The molecular formula is C15H17F3N4O2. The van der Waals surface area contributed by atoms with Crippen molar-refractivity contribution in [3.63, 3.8) is 0 Å². The topological polar surface area (TPSA) is 64.2 Å². The van der Waals surface area contributed by atoms with Crippen LogP contribution in [0.1, 0.15) is 24.4 Å². The van der Waals surface area contributed by atoms with Gasteiger partial charge in [0.1, 0.15) is 6.26 Å². The highest BCUT2D eigenvalue weighted by Gasteiger charge is 2.33. The number of alkyl halides is 3. The van der Waals surface area contributed by atoms with E-state index in [9.17, 15) is 18.0 Å². The Morgan fingerprint density at radius 1 is 1.25 bits per heavy atom. The molecule has 0 radical (unpaired) electrons. The van der Waals surface area contributed by atoms with Crippen molar-refractivity contribution in [2.24, 2.45) is 5.92 Å². The van der Waals surface area contributed by atoms with E-state index in [1.807, 2.05) is 0 Å². The number of nitrogens with zero attached hydrogens (tertiary/aromatic N) is 4. The fourth-order valence-electron chi connectivity index (χ4n) is 2.85. The molecule has 9 heteroatoms. The molecule has 0 unspecified atom stereocenters. The maximum atomic E-state index is 12.5. The molecule has 0 aliphatic carbocycles. The Morgan fingerprint density at radius 3 is 2.58 bits per heavy atom. The van der Waals surface area contributed by atoms with Crippen LogP contribution in [0.25, 0.3) is 0 Å². The third-order valence-electron chi connectivity index (χ3n) is 4.17. The largest absolute Gasteiger partial charge is 0.448 e.